The van der Waals surface area contributed by atoms with Gasteiger partial charge in [-0.3, -0.25) is 14.5 Å². The second-order valence-electron chi connectivity index (χ2n) is 13.5. The number of methoxy groups -OCH3 is 2. The van der Waals surface area contributed by atoms with Gasteiger partial charge in [0.25, 0.3) is 0 Å². The van der Waals surface area contributed by atoms with Crippen LogP contribution in [0.3, 0.4) is 0 Å². The van der Waals surface area contributed by atoms with Gasteiger partial charge in [0.15, 0.2) is 11.5 Å². The molecule has 0 saturated carbocycles. The van der Waals surface area contributed by atoms with Gasteiger partial charge in [0, 0.05) is 45.6 Å². The van der Waals surface area contributed by atoms with Gasteiger partial charge in [-0.05, 0) is 84.9 Å². The van der Waals surface area contributed by atoms with E-state index in [1.54, 1.807) is 24.0 Å². The number of amides is 2. The van der Waals surface area contributed by atoms with Crippen molar-refractivity contribution in [1.82, 2.24) is 14.7 Å². The van der Waals surface area contributed by atoms with E-state index in [1.165, 1.54) is 0 Å². The van der Waals surface area contributed by atoms with Crippen LogP contribution >= 0.6 is 0 Å². The number of benzene rings is 1. The van der Waals surface area contributed by atoms with Crippen LogP contribution in [0.4, 0.5) is 0 Å². The molecule has 44 heavy (non-hydrogen) atoms. The number of hydrogen-bond donors (Lipinski definition) is 0. The molecule has 0 aromatic heterocycles. The Labute approximate surface area is 262 Å². The van der Waals surface area contributed by atoms with Crippen molar-refractivity contribution in [2.75, 3.05) is 40.4 Å². The summed E-state index contributed by atoms with van der Waals surface area (Å²) in [5.74, 6) is 0.213. The number of nitrogens with zero attached hydrogens (tertiary/aromatic N) is 3. The summed E-state index contributed by atoms with van der Waals surface area (Å²) >= 11 is 0. The molecule has 2 saturated heterocycles. The molecule has 0 spiro atoms. The van der Waals surface area contributed by atoms with Crippen LogP contribution < -0.4 is 9.47 Å². The molecule has 0 aliphatic carbocycles. The molecule has 1 aromatic carbocycles. The Balaban J connectivity index is 1.70. The van der Waals surface area contributed by atoms with Gasteiger partial charge < -0.3 is 28.7 Å². The van der Waals surface area contributed by atoms with E-state index < -0.39 is 23.3 Å². The zero-order valence-electron chi connectivity index (χ0n) is 27.8. The monoisotopic (exact) mass is 617 g/mol. The van der Waals surface area contributed by atoms with Gasteiger partial charge >= 0.3 is 11.9 Å². The summed E-state index contributed by atoms with van der Waals surface area (Å²) in [5, 5.41) is 0. The molecule has 3 rings (SSSR count). The van der Waals surface area contributed by atoms with Crippen molar-refractivity contribution in [3.8, 4) is 11.5 Å². The first-order valence-corrected chi connectivity index (χ1v) is 15.6. The van der Waals surface area contributed by atoms with E-state index in [9.17, 15) is 19.2 Å². The van der Waals surface area contributed by atoms with Gasteiger partial charge in [-0.1, -0.05) is 6.07 Å². The molecule has 2 aliphatic rings. The topological polar surface area (TPSA) is 115 Å². The smallest absolute Gasteiger partial charge is 0.329 e. The van der Waals surface area contributed by atoms with Crippen LogP contribution in [0.5, 0.6) is 11.5 Å². The van der Waals surface area contributed by atoms with E-state index in [1.807, 2.05) is 64.6 Å². The first kappa shape index (κ1) is 35.1. The van der Waals surface area contributed by atoms with Crippen LogP contribution in [0, 0.1) is 0 Å². The average Bonchev–Trinajstić information content (AvgIpc) is 3.63. The highest BCUT2D eigenvalue weighted by molar-refractivity contribution is 5.86. The van der Waals surface area contributed by atoms with Crippen molar-refractivity contribution in [2.24, 2.45) is 0 Å². The predicted molar refractivity (Wildman–Crippen MR) is 165 cm³/mol. The summed E-state index contributed by atoms with van der Waals surface area (Å²) < 4.78 is 22.0. The van der Waals surface area contributed by atoms with E-state index in [-0.39, 0.29) is 36.6 Å². The van der Waals surface area contributed by atoms with Gasteiger partial charge in [-0.15, -0.1) is 0 Å². The fourth-order valence-electron chi connectivity index (χ4n) is 5.66. The van der Waals surface area contributed by atoms with E-state index in [4.69, 9.17) is 18.9 Å². The molecular weight excluding hydrogens is 566 g/mol. The standard InChI is InChI=1S/C33H51N3O8/c1-32(2,3)43-30(39)24-11-9-17-35(24)28(37)15-19-34(22-23-13-14-26(41-7)27(21-23)42-8)20-16-29(38)36-18-10-12-25(36)31(40)44-33(4,5)6/h13-14,21,24-25H,9-12,15-20,22H2,1-8H3/t24-,25-/m1/s1. The molecule has 11 nitrogen and oxygen atoms in total. The van der Waals surface area contributed by atoms with Gasteiger partial charge in [-0.25, -0.2) is 9.59 Å². The molecule has 2 heterocycles. The lowest BCUT2D eigenvalue weighted by Gasteiger charge is -2.29. The van der Waals surface area contributed by atoms with Crippen LogP contribution in [-0.2, 0) is 35.2 Å². The second kappa shape index (κ2) is 15.1. The summed E-state index contributed by atoms with van der Waals surface area (Å²) in [6.07, 6.45) is 3.02. The van der Waals surface area contributed by atoms with E-state index in [0.29, 0.717) is 57.1 Å². The molecule has 0 unspecified atom stereocenters. The third-order valence-corrected chi connectivity index (χ3v) is 7.64. The van der Waals surface area contributed by atoms with Gasteiger partial charge in [0.2, 0.25) is 11.8 Å². The number of carbonyl (C=O) groups is 4. The highest BCUT2D eigenvalue weighted by Gasteiger charge is 2.38. The molecule has 2 amide bonds. The Morgan fingerprint density at radius 2 is 1.20 bits per heavy atom. The van der Waals surface area contributed by atoms with Gasteiger partial charge in [0.1, 0.15) is 23.3 Å². The SMILES string of the molecule is COc1ccc(CN(CCC(=O)N2CCC[C@@H]2C(=O)OC(C)(C)C)CCC(=O)N2CCC[C@@H]2C(=O)OC(C)(C)C)cc1OC. The van der Waals surface area contributed by atoms with E-state index in [2.05, 4.69) is 0 Å². The van der Waals surface area contributed by atoms with Crippen LogP contribution in [0.2, 0.25) is 0 Å². The minimum absolute atomic E-state index is 0.119. The van der Waals surface area contributed by atoms with Crippen LogP contribution in [0.15, 0.2) is 18.2 Å². The average molecular weight is 618 g/mol. The Kier molecular flexibility index (Phi) is 12.1. The number of carbonyl (C=O) groups excluding carboxylic acids is 4. The van der Waals surface area contributed by atoms with Crippen LogP contribution in [0.25, 0.3) is 0 Å². The Hall–Kier alpha value is -3.34. The fourth-order valence-corrected chi connectivity index (χ4v) is 5.66. The minimum Gasteiger partial charge on any atom is -0.493 e. The van der Waals surface area contributed by atoms with Crippen molar-refractivity contribution in [3.63, 3.8) is 0 Å². The van der Waals surface area contributed by atoms with E-state index >= 15 is 0 Å². The maximum atomic E-state index is 13.4. The molecule has 2 atom stereocenters. The van der Waals surface area contributed by atoms with Crippen molar-refractivity contribution in [1.29, 1.82) is 0 Å². The first-order valence-electron chi connectivity index (χ1n) is 15.6. The van der Waals surface area contributed by atoms with Gasteiger partial charge in [-0.2, -0.15) is 0 Å². The normalized spacial score (nSPS) is 18.8. The summed E-state index contributed by atoms with van der Waals surface area (Å²) in [6.45, 7) is 13.2. The molecule has 11 heteroatoms. The van der Waals surface area contributed by atoms with Gasteiger partial charge in [0.05, 0.1) is 14.2 Å². The van der Waals surface area contributed by atoms with Crippen molar-refractivity contribution >= 4 is 23.8 Å². The van der Waals surface area contributed by atoms with Crippen LogP contribution in [-0.4, -0.2) is 102 Å². The second-order valence-corrected chi connectivity index (χ2v) is 13.5. The summed E-state index contributed by atoms with van der Waals surface area (Å²) in [5.41, 5.74) is -0.326. The molecule has 2 aliphatic heterocycles. The molecule has 0 radical (unpaired) electrons. The molecule has 246 valence electrons. The number of ether oxygens (including phenoxy) is 4. The van der Waals surface area contributed by atoms with Crippen LogP contribution in [0.1, 0.15) is 85.6 Å². The summed E-state index contributed by atoms with van der Waals surface area (Å²) in [4.78, 5) is 57.7. The van der Waals surface area contributed by atoms with Crippen molar-refractivity contribution < 1.29 is 38.1 Å². The lowest BCUT2D eigenvalue weighted by atomic mass is 10.1. The first-order chi connectivity index (χ1) is 20.6. The minimum atomic E-state index is -0.630. The number of rotatable bonds is 12. The Morgan fingerprint density at radius 1 is 0.750 bits per heavy atom. The zero-order chi connectivity index (χ0) is 32.7. The Bertz CT molecular complexity index is 1110. The molecule has 0 N–H and O–H groups in total. The third kappa shape index (κ3) is 10.1. The van der Waals surface area contributed by atoms with Crippen molar-refractivity contribution in [3.05, 3.63) is 23.8 Å². The lowest BCUT2D eigenvalue weighted by molar-refractivity contribution is -0.163. The van der Waals surface area contributed by atoms with Crippen molar-refractivity contribution in [2.45, 2.75) is 110 Å². The quantitative estimate of drug-likeness (QED) is 0.322. The molecule has 1 aromatic rings. The third-order valence-electron chi connectivity index (χ3n) is 7.64. The molecular formula is C33H51N3O8. The maximum absolute atomic E-state index is 13.4. The lowest BCUT2D eigenvalue weighted by Crippen LogP contribution is -2.45. The maximum Gasteiger partial charge on any atom is 0.329 e. The molecule has 2 fully saturated rings. The highest BCUT2D eigenvalue weighted by Crippen LogP contribution is 2.29. The fraction of sp³-hybridized carbons (Fsp3) is 0.697. The number of esters is 2. The molecule has 0 bridgehead atoms. The van der Waals surface area contributed by atoms with E-state index in [0.717, 1.165) is 18.4 Å². The summed E-state index contributed by atoms with van der Waals surface area (Å²) in [7, 11) is 3.15. The number of hydrogen-bond acceptors (Lipinski definition) is 9. The number of likely N-dealkylation sites (tertiary alicyclic amines) is 2. The zero-order valence-corrected chi connectivity index (χ0v) is 27.8. The Morgan fingerprint density at radius 3 is 1.61 bits per heavy atom. The highest BCUT2D eigenvalue weighted by atomic mass is 16.6. The summed E-state index contributed by atoms with van der Waals surface area (Å²) in [6, 6.07) is 4.47. The largest absolute Gasteiger partial charge is 0.493 e. The predicted octanol–water partition coefficient (Wildman–Crippen LogP) is 3.95.